The van der Waals surface area contributed by atoms with Gasteiger partial charge < -0.3 is 9.30 Å². The minimum Gasteiger partial charge on any atom is -0.459 e. The number of fused-ring (bicyclic) bond motifs is 2. The summed E-state index contributed by atoms with van der Waals surface area (Å²) < 4.78 is 7.41. The Morgan fingerprint density at radius 2 is 1.86 bits per heavy atom. The van der Waals surface area contributed by atoms with Gasteiger partial charge in [-0.15, -0.1) is 0 Å². The number of imidazole rings is 1. The summed E-state index contributed by atoms with van der Waals surface area (Å²) in [6.07, 6.45) is 2.01. The summed E-state index contributed by atoms with van der Waals surface area (Å²) in [5.74, 6) is 1.24. The Morgan fingerprint density at radius 1 is 1.11 bits per heavy atom. The molecule has 0 fully saturated rings. The third-order valence-corrected chi connectivity index (χ3v) is 5.31. The average Bonchev–Trinajstić information content (AvgIpc) is 3.04. The molecule has 2 aromatic heterocycles. The number of esters is 1. The van der Waals surface area contributed by atoms with E-state index in [1.165, 1.54) is 0 Å². The molecule has 0 unspecified atom stereocenters. The first-order chi connectivity index (χ1) is 13.7. The molecule has 5 nitrogen and oxygen atoms in total. The molecule has 0 saturated heterocycles. The van der Waals surface area contributed by atoms with Crippen LogP contribution in [0, 0.1) is 0 Å². The summed E-state index contributed by atoms with van der Waals surface area (Å²) in [4.78, 5) is 21.5. The number of aromatic nitrogens is 3. The lowest BCUT2D eigenvalue weighted by Gasteiger charge is -2.10. The minimum atomic E-state index is -0.338. The van der Waals surface area contributed by atoms with Crippen LogP contribution in [0.15, 0.2) is 54.6 Å². The van der Waals surface area contributed by atoms with Crippen molar-refractivity contribution in [1.82, 2.24) is 14.5 Å². The zero-order valence-corrected chi connectivity index (χ0v) is 16.8. The first-order valence-corrected chi connectivity index (χ1v) is 10.6. The monoisotopic (exact) mass is 411 g/mol. The summed E-state index contributed by atoms with van der Waals surface area (Å²) in [5, 5.41) is 1.31. The lowest BCUT2D eigenvalue weighted by Crippen LogP contribution is -2.15. The zero-order chi connectivity index (χ0) is 19.5. The van der Waals surface area contributed by atoms with Crippen LogP contribution >= 0.6 is 23.4 Å². The van der Waals surface area contributed by atoms with Crippen molar-refractivity contribution in [2.45, 2.75) is 18.9 Å². The van der Waals surface area contributed by atoms with Gasteiger partial charge in [-0.2, -0.15) is 11.8 Å². The highest BCUT2D eigenvalue weighted by Crippen LogP contribution is 2.22. The SMILES string of the molecule is CSCc1nc2ccccc2n1CC(=O)OCc1cc2ccccc2nc1Cl. The van der Waals surface area contributed by atoms with Crippen LogP contribution in [0.4, 0.5) is 0 Å². The minimum absolute atomic E-state index is 0.0833. The molecule has 28 heavy (non-hydrogen) atoms. The molecule has 4 rings (SSSR count). The van der Waals surface area contributed by atoms with E-state index < -0.39 is 0 Å². The van der Waals surface area contributed by atoms with E-state index >= 15 is 0 Å². The van der Waals surface area contributed by atoms with E-state index in [1.807, 2.05) is 65.4 Å². The standard InChI is InChI=1S/C21H18ClN3O2S/c1-28-13-19-23-17-8-4-5-9-18(17)25(19)11-20(26)27-12-15-10-14-6-2-3-7-16(14)24-21(15)22/h2-10H,11-13H2,1H3. The number of ether oxygens (including phenoxy) is 1. The van der Waals surface area contributed by atoms with Crippen LogP contribution in [-0.2, 0) is 28.4 Å². The van der Waals surface area contributed by atoms with Crippen LogP contribution < -0.4 is 0 Å². The molecular formula is C21H18ClN3O2S. The molecule has 0 N–H and O–H groups in total. The molecule has 0 aliphatic carbocycles. The lowest BCUT2D eigenvalue weighted by molar-refractivity contribution is -0.145. The fourth-order valence-corrected chi connectivity index (χ4v) is 3.79. The third kappa shape index (κ3) is 3.84. The van der Waals surface area contributed by atoms with Gasteiger partial charge in [0, 0.05) is 10.9 Å². The van der Waals surface area contributed by atoms with Crippen molar-refractivity contribution >= 4 is 51.3 Å². The molecule has 142 valence electrons. The maximum atomic E-state index is 12.5. The number of thioether (sulfide) groups is 1. The molecule has 0 aliphatic heterocycles. The number of carbonyl (C=O) groups is 1. The topological polar surface area (TPSA) is 57.0 Å². The van der Waals surface area contributed by atoms with Gasteiger partial charge in [0.05, 0.1) is 22.3 Å². The predicted molar refractivity (Wildman–Crippen MR) is 114 cm³/mol. The van der Waals surface area contributed by atoms with E-state index in [4.69, 9.17) is 16.3 Å². The van der Waals surface area contributed by atoms with Gasteiger partial charge in [0.25, 0.3) is 0 Å². The first-order valence-electron chi connectivity index (χ1n) is 8.78. The first kappa shape index (κ1) is 18.8. The normalized spacial score (nSPS) is 11.2. The number of hydrogen-bond donors (Lipinski definition) is 0. The highest BCUT2D eigenvalue weighted by molar-refractivity contribution is 7.97. The Morgan fingerprint density at radius 3 is 2.68 bits per heavy atom. The summed E-state index contributed by atoms with van der Waals surface area (Å²) >= 11 is 7.92. The van der Waals surface area contributed by atoms with E-state index in [0.29, 0.717) is 10.7 Å². The van der Waals surface area contributed by atoms with Crippen LogP contribution in [0.25, 0.3) is 21.9 Å². The van der Waals surface area contributed by atoms with Gasteiger partial charge in [-0.25, -0.2) is 9.97 Å². The molecule has 0 bridgehead atoms. The Hall–Kier alpha value is -2.57. The van der Waals surface area contributed by atoms with E-state index in [2.05, 4.69) is 9.97 Å². The van der Waals surface area contributed by atoms with Gasteiger partial charge >= 0.3 is 5.97 Å². The predicted octanol–water partition coefficient (Wildman–Crippen LogP) is 4.84. The van der Waals surface area contributed by atoms with Crippen molar-refractivity contribution < 1.29 is 9.53 Å². The number of pyridine rings is 1. The number of hydrogen-bond acceptors (Lipinski definition) is 5. The lowest BCUT2D eigenvalue weighted by atomic mass is 10.2. The molecular weight excluding hydrogens is 394 g/mol. The summed E-state index contributed by atoms with van der Waals surface area (Å²) in [6, 6.07) is 17.4. The molecule has 0 spiro atoms. The number of benzene rings is 2. The highest BCUT2D eigenvalue weighted by atomic mass is 35.5. The highest BCUT2D eigenvalue weighted by Gasteiger charge is 2.15. The summed E-state index contributed by atoms with van der Waals surface area (Å²) in [7, 11) is 0. The number of para-hydroxylation sites is 3. The van der Waals surface area contributed by atoms with Crippen molar-refractivity contribution in [2.75, 3.05) is 6.26 Å². The second-order valence-corrected chi connectivity index (χ2v) is 7.55. The molecule has 0 amide bonds. The van der Waals surface area contributed by atoms with Crippen molar-refractivity contribution in [3.05, 3.63) is 71.1 Å². The van der Waals surface area contributed by atoms with Gasteiger partial charge in [0.2, 0.25) is 0 Å². The maximum absolute atomic E-state index is 12.5. The molecule has 2 aromatic carbocycles. The number of nitrogens with zero attached hydrogens (tertiary/aromatic N) is 3. The molecule has 0 radical (unpaired) electrons. The molecule has 0 aliphatic rings. The molecule has 2 heterocycles. The maximum Gasteiger partial charge on any atom is 0.326 e. The third-order valence-electron chi connectivity index (χ3n) is 4.43. The Kier molecular flexibility index (Phi) is 5.50. The van der Waals surface area contributed by atoms with Gasteiger partial charge in [-0.1, -0.05) is 41.9 Å². The fourth-order valence-electron chi connectivity index (χ4n) is 3.11. The van der Waals surface area contributed by atoms with Crippen molar-refractivity contribution in [1.29, 1.82) is 0 Å². The quantitative estimate of drug-likeness (QED) is 0.335. The fraction of sp³-hybridized carbons (Fsp3) is 0.190. The van der Waals surface area contributed by atoms with Crippen molar-refractivity contribution in [3.8, 4) is 0 Å². The average molecular weight is 412 g/mol. The van der Waals surface area contributed by atoms with Crippen LogP contribution in [0.2, 0.25) is 5.15 Å². The summed E-state index contributed by atoms with van der Waals surface area (Å²) in [5.41, 5.74) is 3.30. The molecule has 7 heteroatoms. The molecule has 0 saturated carbocycles. The van der Waals surface area contributed by atoms with E-state index in [1.54, 1.807) is 11.8 Å². The van der Waals surface area contributed by atoms with E-state index in [0.717, 1.165) is 33.5 Å². The Bertz CT molecular complexity index is 1160. The number of rotatable bonds is 6. The van der Waals surface area contributed by atoms with Crippen LogP contribution in [0.1, 0.15) is 11.4 Å². The van der Waals surface area contributed by atoms with Gasteiger partial charge in [0.1, 0.15) is 24.1 Å². The van der Waals surface area contributed by atoms with Gasteiger partial charge in [-0.3, -0.25) is 4.79 Å². The van der Waals surface area contributed by atoms with E-state index in [-0.39, 0.29) is 19.1 Å². The second-order valence-electron chi connectivity index (χ2n) is 6.33. The van der Waals surface area contributed by atoms with Crippen LogP contribution in [0.5, 0.6) is 0 Å². The van der Waals surface area contributed by atoms with Crippen LogP contribution in [0.3, 0.4) is 0 Å². The number of carbonyl (C=O) groups excluding carboxylic acids is 1. The van der Waals surface area contributed by atoms with Gasteiger partial charge in [-0.05, 0) is 30.5 Å². The zero-order valence-electron chi connectivity index (χ0n) is 15.3. The van der Waals surface area contributed by atoms with Crippen molar-refractivity contribution in [2.24, 2.45) is 0 Å². The van der Waals surface area contributed by atoms with Crippen molar-refractivity contribution in [3.63, 3.8) is 0 Å². The Balaban J connectivity index is 1.52. The molecule has 0 atom stereocenters. The van der Waals surface area contributed by atoms with E-state index in [9.17, 15) is 4.79 Å². The van der Waals surface area contributed by atoms with Gasteiger partial charge in [0.15, 0.2) is 0 Å². The molecule has 4 aromatic rings. The number of halogens is 1. The second kappa shape index (κ2) is 8.20. The van der Waals surface area contributed by atoms with Crippen LogP contribution in [-0.4, -0.2) is 26.8 Å². The Labute approximate surface area is 171 Å². The smallest absolute Gasteiger partial charge is 0.326 e. The summed E-state index contributed by atoms with van der Waals surface area (Å²) in [6.45, 7) is 0.190. The largest absolute Gasteiger partial charge is 0.459 e.